The normalized spacial score (nSPS) is 10.3. The van der Waals surface area contributed by atoms with Crippen LogP contribution in [-0.4, -0.2) is 30.9 Å². The number of rotatable bonds is 7. The SMILES string of the molecule is Cc1c(Cl)cccc1NC(=O)COC(=O)CNC(=O)c1ccc(-c2ccccc2)cc1. The molecule has 0 aliphatic heterocycles. The van der Waals surface area contributed by atoms with Crippen LogP contribution in [0.25, 0.3) is 11.1 Å². The summed E-state index contributed by atoms with van der Waals surface area (Å²) >= 11 is 6.01. The van der Waals surface area contributed by atoms with Gasteiger partial charge in [0.2, 0.25) is 0 Å². The van der Waals surface area contributed by atoms with Gasteiger partial charge in [0, 0.05) is 16.3 Å². The molecule has 0 radical (unpaired) electrons. The van der Waals surface area contributed by atoms with E-state index in [0.717, 1.165) is 16.7 Å². The Morgan fingerprint density at radius 3 is 2.26 bits per heavy atom. The van der Waals surface area contributed by atoms with Crippen molar-refractivity contribution in [2.75, 3.05) is 18.5 Å². The summed E-state index contributed by atoms with van der Waals surface area (Å²) in [6.07, 6.45) is 0. The molecule has 0 unspecified atom stereocenters. The average Bonchev–Trinajstić information content (AvgIpc) is 2.80. The molecule has 0 saturated heterocycles. The van der Waals surface area contributed by atoms with E-state index in [2.05, 4.69) is 10.6 Å². The Morgan fingerprint density at radius 2 is 1.55 bits per heavy atom. The Hall–Kier alpha value is -3.64. The fourth-order valence-corrected chi connectivity index (χ4v) is 3.00. The number of anilines is 1. The minimum atomic E-state index is -0.716. The summed E-state index contributed by atoms with van der Waals surface area (Å²) in [5.41, 5.74) is 3.71. The van der Waals surface area contributed by atoms with Crippen LogP contribution in [0.1, 0.15) is 15.9 Å². The maximum Gasteiger partial charge on any atom is 0.325 e. The lowest BCUT2D eigenvalue weighted by Crippen LogP contribution is -2.32. The van der Waals surface area contributed by atoms with Gasteiger partial charge in [-0.25, -0.2) is 0 Å². The van der Waals surface area contributed by atoms with E-state index in [-0.39, 0.29) is 6.54 Å². The maximum absolute atomic E-state index is 12.2. The summed E-state index contributed by atoms with van der Waals surface area (Å²) in [4.78, 5) is 36.1. The van der Waals surface area contributed by atoms with E-state index < -0.39 is 24.4 Å². The van der Waals surface area contributed by atoms with Crippen molar-refractivity contribution >= 4 is 35.1 Å². The predicted molar refractivity (Wildman–Crippen MR) is 120 cm³/mol. The molecule has 2 N–H and O–H groups in total. The van der Waals surface area contributed by atoms with Crippen molar-refractivity contribution in [1.82, 2.24) is 5.32 Å². The number of amides is 2. The molecule has 0 heterocycles. The molecule has 2 amide bonds. The Morgan fingerprint density at radius 1 is 0.871 bits per heavy atom. The van der Waals surface area contributed by atoms with Gasteiger partial charge in [0.1, 0.15) is 6.54 Å². The minimum Gasteiger partial charge on any atom is -0.454 e. The van der Waals surface area contributed by atoms with E-state index in [0.29, 0.717) is 16.3 Å². The average molecular weight is 437 g/mol. The van der Waals surface area contributed by atoms with Gasteiger partial charge in [-0.05, 0) is 47.9 Å². The fraction of sp³-hybridized carbons (Fsp3) is 0.125. The van der Waals surface area contributed by atoms with Crippen LogP contribution in [-0.2, 0) is 14.3 Å². The monoisotopic (exact) mass is 436 g/mol. The van der Waals surface area contributed by atoms with Gasteiger partial charge in [0.25, 0.3) is 11.8 Å². The minimum absolute atomic E-state index is 0.345. The summed E-state index contributed by atoms with van der Waals surface area (Å²) in [5, 5.41) is 5.64. The van der Waals surface area contributed by atoms with Gasteiger partial charge in [-0.1, -0.05) is 60.1 Å². The van der Waals surface area contributed by atoms with Gasteiger partial charge >= 0.3 is 5.97 Å². The second-order valence-corrected chi connectivity index (χ2v) is 7.15. The van der Waals surface area contributed by atoms with E-state index in [9.17, 15) is 14.4 Å². The molecule has 0 saturated carbocycles. The first-order valence-electron chi connectivity index (χ1n) is 9.58. The predicted octanol–water partition coefficient (Wildman–Crippen LogP) is 4.23. The molecule has 3 rings (SSSR count). The highest BCUT2D eigenvalue weighted by Crippen LogP contribution is 2.22. The van der Waals surface area contributed by atoms with Crippen LogP contribution in [0.15, 0.2) is 72.8 Å². The standard InChI is InChI=1S/C24H21ClN2O4/c1-16-20(25)8-5-9-21(16)27-22(28)15-31-23(29)14-26-24(30)19-12-10-18(11-13-19)17-6-3-2-4-7-17/h2-13H,14-15H2,1H3,(H,26,30)(H,27,28). The lowest BCUT2D eigenvalue weighted by molar-refractivity contribution is -0.146. The Bertz CT molecular complexity index is 1080. The van der Waals surface area contributed by atoms with Crippen molar-refractivity contribution in [2.45, 2.75) is 6.92 Å². The number of benzene rings is 3. The summed E-state index contributed by atoms with van der Waals surface area (Å²) < 4.78 is 4.91. The first-order valence-corrected chi connectivity index (χ1v) is 9.96. The summed E-state index contributed by atoms with van der Waals surface area (Å²) in [6.45, 7) is 0.959. The third-order valence-electron chi connectivity index (χ3n) is 4.55. The Balaban J connectivity index is 1.44. The third kappa shape index (κ3) is 6.17. The van der Waals surface area contributed by atoms with Crippen molar-refractivity contribution in [3.63, 3.8) is 0 Å². The Kier molecular flexibility index (Phi) is 7.40. The lowest BCUT2D eigenvalue weighted by Gasteiger charge is -2.10. The number of halogens is 1. The first-order chi connectivity index (χ1) is 14.9. The highest BCUT2D eigenvalue weighted by atomic mass is 35.5. The maximum atomic E-state index is 12.2. The van der Waals surface area contributed by atoms with E-state index in [1.54, 1.807) is 37.3 Å². The molecule has 0 spiro atoms. The van der Waals surface area contributed by atoms with Crippen LogP contribution in [0.5, 0.6) is 0 Å². The highest BCUT2D eigenvalue weighted by molar-refractivity contribution is 6.31. The molecule has 6 nitrogen and oxygen atoms in total. The molecular formula is C24H21ClN2O4. The first kappa shape index (κ1) is 22.1. The molecule has 0 aliphatic carbocycles. The molecule has 7 heteroatoms. The van der Waals surface area contributed by atoms with Crippen LogP contribution < -0.4 is 10.6 Å². The van der Waals surface area contributed by atoms with Gasteiger partial charge in [-0.3, -0.25) is 14.4 Å². The number of hydrogen-bond donors (Lipinski definition) is 2. The zero-order valence-electron chi connectivity index (χ0n) is 16.9. The van der Waals surface area contributed by atoms with Crippen molar-refractivity contribution in [1.29, 1.82) is 0 Å². The van der Waals surface area contributed by atoms with Gasteiger partial charge < -0.3 is 15.4 Å². The zero-order chi connectivity index (χ0) is 22.2. The van der Waals surface area contributed by atoms with Crippen LogP contribution in [0, 0.1) is 6.92 Å². The Labute approximate surface area is 185 Å². The van der Waals surface area contributed by atoms with Crippen molar-refractivity contribution < 1.29 is 19.1 Å². The van der Waals surface area contributed by atoms with Crippen LogP contribution in [0.4, 0.5) is 5.69 Å². The largest absolute Gasteiger partial charge is 0.454 e. The van der Waals surface area contributed by atoms with Crippen molar-refractivity contribution in [2.24, 2.45) is 0 Å². The molecular weight excluding hydrogens is 416 g/mol. The molecule has 3 aromatic carbocycles. The van der Waals surface area contributed by atoms with E-state index >= 15 is 0 Å². The molecule has 158 valence electrons. The quantitative estimate of drug-likeness (QED) is 0.543. The number of hydrogen-bond acceptors (Lipinski definition) is 4. The van der Waals surface area contributed by atoms with E-state index in [1.165, 1.54) is 0 Å². The molecule has 0 aromatic heterocycles. The summed E-state index contributed by atoms with van der Waals surface area (Å²) in [5.74, 6) is -1.62. The number of carbonyl (C=O) groups excluding carboxylic acids is 3. The van der Waals surface area contributed by atoms with Gasteiger partial charge in [-0.2, -0.15) is 0 Å². The van der Waals surface area contributed by atoms with Gasteiger partial charge in [0.15, 0.2) is 6.61 Å². The van der Waals surface area contributed by atoms with Gasteiger partial charge in [0.05, 0.1) is 0 Å². The number of ether oxygens (including phenoxy) is 1. The molecule has 0 fully saturated rings. The number of esters is 1. The smallest absolute Gasteiger partial charge is 0.325 e. The van der Waals surface area contributed by atoms with Crippen LogP contribution in [0.2, 0.25) is 5.02 Å². The lowest BCUT2D eigenvalue weighted by atomic mass is 10.0. The van der Waals surface area contributed by atoms with Crippen LogP contribution in [0.3, 0.4) is 0 Å². The van der Waals surface area contributed by atoms with Crippen molar-refractivity contribution in [3.05, 3.63) is 88.9 Å². The highest BCUT2D eigenvalue weighted by Gasteiger charge is 2.12. The third-order valence-corrected chi connectivity index (χ3v) is 4.96. The molecule has 31 heavy (non-hydrogen) atoms. The van der Waals surface area contributed by atoms with Crippen LogP contribution >= 0.6 is 11.6 Å². The number of nitrogens with one attached hydrogen (secondary N) is 2. The molecule has 3 aromatic rings. The fourth-order valence-electron chi connectivity index (χ4n) is 2.83. The number of carbonyl (C=O) groups is 3. The molecule has 0 aliphatic rings. The topological polar surface area (TPSA) is 84.5 Å². The second kappa shape index (κ2) is 10.4. The van der Waals surface area contributed by atoms with Crippen molar-refractivity contribution in [3.8, 4) is 11.1 Å². The van der Waals surface area contributed by atoms with E-state index in [1.807, 2.05) is 42.5 Å². The molecule has 0 bridgehead atoms. The summed E-state index contributed by atoms with van der Waals surface area (Å²) in [7, 11) is 0. The van der Waals surface area contributed by atoms with Gasteiger partial charge in [-0.15, -0.1) is 0 Å². The zero-order valence-corrected chi connectivity index (χ0v) is 17.6. The summed E-state index contributed by atoms with van der Waals surface area (Å²) in [6, 6.07) is 21.9. The molecule has 0 atom stereocenters. The second-order valence-electron chi connectivity index (χ2n) is 6.75. The van der Waals surface area contributed by atoms with E-state index in [4.69, 9.17) is 16.3 Å².